The first-order chi connectivity index (χ1) is 11.4. The molecular weight excluding hydrogens is 280 g/mol. The molecule has 0 radical (unpaired) electrons. The van der Waals surface area contributed by atoms with Crippen molar-refractivity contribution >= 4 is 5.69 Å². The highest BCUT2D eigenvalue weighted by Gasteiger charge is 2.12. The van der Waals surface area contributed by atoms with E-state index in [0.717, 1.165) is 6.67 Å². The Labute approximate surface area is 143 Å². The topological polar surface area (TPSA) is 6.48 Å². The minimum absolute atomic E-state index is 1.00. The summed E-state index contributed by atoms with van der Waals surface area (Å²) in [7, 11) is 0. The van der Waals surface area contributed by atoms with Gasteiger partial charge in [-0.05, 0) is 18.6 Å². The van der Waals surface area contributed by atoms with Gasteiger partial charge in [0.2, 0.25) is 0 Å². The van der Waals surface area contributed by atoms with E-state index in [2.05, 4.69) is 59.5 Å². The van der Waals surface area contributed by atoms with Crippen molar-refractivity contribution in [2.24, 2.45) is 0 Å². The van der Waals surface area contributed by atoms with Crippen molar-refractivity contribution in [1.82, 2.24) is 4.90 Å². The van der Waals surface area contributed by atoms with Gasteiger partial charge in [-0.3, -0.25) is 0 Å². The van der Waals surface area contributed by atoms with Gasteiger partial charge in [0.15, 0.2) is 0 Å². The van der Waals surface area contributed by atoms with E-state index in [-0.39, 0.29) is 0 Å². The van der Waals surface area contributed by atoms with Gasteiger partial charge >= 0.3 is 0 Å². The second-order valence-corrected chi connectivity index (χ2v) is 6.74. The van der Waals surface area contributed by atoms with E-state index in [1.807, 2.05) is 0 Å². The molecule has 1 aliphatic rings. The Morgan fingerprint density at radius 1 is 0.739 bits per heavy atom. The molecule has 0 saturated heterocycles. The molecule has 0 amide bonds. The molecule has 0 aliphatic carbocycles. The van der Waals surface area contributed by atoms with Gasteiger partial charge in [0.25, 0.3) is 0 Å². The average Bonchev–Trinajstić information content (AvgIpc) is 3.06. The Hall–Kier alpha value is -1.44. The summed E-state index contributed by atoms with van der Waals surface area (Å²) in [5, 5.41) is 0. The fourth-order valence-corrected chi connectivity index (χ4v) is 3.20. The molecule has 0 atom stereocenters. The summed E-state index contributed by atoms with van der Waals surface area (Å²) in [6.45, 7) is 4.48. The van der Waals surface area contributed by atoms with Gasteiger partial charge in [-0.2, -0.15) is 0 Å². The number of para-hydroxylation sites is 1. The molecule has 0 spiro atoms. The van der Waals surface area contributed by atoms with Crippen LogP contribution in [0.2, 0.25) is 0 Å². The van der Waals surface area contributed by atoms with Gasteiger partial charge in [0.05, 0.1) is 6.67 Å². The molecule has 0 N–H and O–H groups in total. The highest BCUT2D eigenvalue weighted by Crippen LogP contribution is 2.19. The van der Waals surface area contributed by atoms with Crippen LogP contribution in [-0.4, -0.2) is 18.1 Å². The minimum Gasteiger partial charge on any atom is -0.358 e. The molecule has 0 saturated carbocycles. The normalized spacial score (nSPS) is 14.0. The molecule has 1 aliphatic heterocycles. The number of rotatable bonds is 12. The van der Waals surface area contributed by atoms with Gasteiger partial charge in [-0.1, -0.05) is 82.9 Å². The fraction of sp³-hybridized carbons (Fsp3) is 0.619. The summed E-state index contributed by atoms with van der Waals surface area (Å²) in [6.07, 6.45) is 18.5. The van der Waals surface area contributed by atoms with Crippen LogP contribution in [0, 0.1) is 0 Å². The van der Waals surface area contributed by atoms with Crippen molar-refractivity contribution in [3.8, 4) is 0 Å². The van der Waals surface area contributed by atoms with Gasteiger partial charge in [-0.25, -0.2) is 0 Å². The van der Waals surface area contributed by atoms with Crippen molar-refractivity contribution in [3.05, 3.63) is 42.7 Å². The summed E-state index contributed by atoms with van der Waals surface area (Å²) >= 11 is 0. The SMILES string of the molecule is CCCCCCCCCCCCN1C=CN(c2ccccc2)C1. The van der Waals surface area contributed by atoms with Crippen molar-refractivity contribution in [1.29, 1.82) is 0 Å². The molecule has 1 aromatic carbocycles. The number of hydrogen-bond acceptors (Lipinski definition) is 2. The van der Waals surface area contributed by atoms with E-state index >= 15 is 0 Å². The van der Waals surface area contributed by atoms with Crippen LogP contribution < -0.4 is 4.90 Å². The Morgan fingerprint density at radius 3 is 2.00 bits per heavy atom. The number of unbranched alkanes of at least 4 members (excludes halogenated alkanes) is 9. The Kier molecular flexibility index (Phi) is 8.68. The number of benzene rings is 1. The number of anilines is 1. The maximum absolute atomic E-state index is 2.43. The van der Waals surface area contributed by atoms with Gasteiger partial charge in [-0.15, -0.1) is 0 Å². The van der Waals surface area contributed by atoms with E-state index in [9.17, 15) is 0 Å². The third-order valence-corrected chi connectivity index (χ3v) is 4.68. The minimum atomic E-state index is 1.00. The van der Waals surface area contributed by atoms with Crippen LogP contribution in [0.25, 0.3) is 0 Å². The van der Waals surface area contributed by atoms with Crippen molar-refractivity contribution in [2.75, 3.05) is 18.1 Å². The molecule has 0 bridgehead atoms. The third kappa shape index (κ3) is 7.11. The Bertz CT molecular complexity index is 427. The molecule has 0 unspecified atom stereocenters. The zero-order valence-corrected chi connectivity index (χ0v) is 14.9. The smallest absolute Gasteiger partial charge is 0.0941 e. The highest BCUT2D eigenvalue weighted by molar-refractivity contribution is 5.49. The monoisotopic (exact) mass is 314 g/mol. The summed E-state index contributed by atoms with van der Waals surface area (Å²) < 4.78 is 0. The highest BCUT2D eigenvalue weighted by atomic mass is 15.3. The first-order valence-electron chi connectivity index (χ1n) is 9.64. The summed E-state index contributed by atoms with van der Waals surface area (Å²) in [5.74, 6) is 0. The lowest BCUT2D eigenvalue weighted by molar-refractivity contribution is 0.388. The van der Waals surface area contributed by atoms with Crippen LogP contribution in [-0.2, 0) is 0 Å². The zero-order chi connectivity index (χ0) is 16.2. The van der Waals surface area contributed by atoms with E-state index in [1.165, 1.54) is 76.4 Å². The second kappa shape index (κ2) is 11.2. The zero-order valence-electron chi connectivity index (χ0n) is 14.9. The number of nitrogens with zero attached hydrogens (tertiary/aromatic N) is 2. The van der Waals surface area contributed by atoms with Gasteiger partial charge in [0, 0.05) is 24.6 Å². The predicted molar refractivity (Wildman–Crippen MR) is 101 cm³/mol. The molecule has 2 nitrogen and oxygen atoms in total. The molecular formula is C21H34N2. The van der Waals surface area contributed by atoms with Crippen molar-refractivity contribution < 1.29 is 0 Å². The molecule has 2 heteroatoms. The van der Waals surface area contributed by atoms with Crippen LogP contribution in [0.5, 0.6) is 0 Å². The molecule has 2 rings (SSSR count). The largest absolute Gasteiger partial charge is 0.358 e. The van der Waals surface area contributed by atoms with E-state index in [0.29, 0.717) is 0 Å². The van der Waals surface area contributed by atoms with Crippen LogP contribution in [0.3, 0.4) is 0 Å². The van der Waals surface area contributed by atoms with Crippen LogP contribution in [0.4, 0.5) is 5.69 Å². The van der Waals surface area contributed by atoms with Gasteiger partial charge in [0.1, 0.15) is 0 Å². The second-order valence-electron chi connectivity index (χ2n) is 6.74. The van der Waals surface area contributed by atoms with Crippen LogP contribution in [0.15, 0.2) is 42.7 Å². The Balaban J connectivity index is 1.45. The lowest BCUT2D eigenvalue weighted by atomic mass is 10.1. The van der Waals surface area contributed by atoms with E-state index in [4.69, 9.17) is 0 Å². The first-order valence-corrected chi connectivity index (χ1v) is 9.64. The van der Waals surface area contributed by atoms with Crippen LogP contribution >= 0.6 is 0 Å². The average molecular weight is 315 g/mol. The summed E-state index contributed by atoms with van der Waals surface area (Å²) in [4.78, 5) is 4.74. The lowest BCUT2D eigenvalue weighted by Crippen LogP contribution is -2.25. The standard InChI is InChI=1S/C21H34N2/c1-2-3-4-5-6-7-8-9-10-14-17-22-18-19-23(20-22)21-15-12-11-13-16-21/h11-13,15-16,18-19H,2-10,14,17,20H2,1H3. The molecule has 128 valence electrons. The third-order valence-electron chi connectivity index (χ3n) is 4.68. The van der Waals surface area contributed by atoms with E-state index < -0.39 is 0 Å². The summed E-state index contributed by atoms with van der Waals surface area (Å²) in [6, 6.07) is 10.6. The Morgan fingerprint density at radius 2 is 1.35 bits per heavy atom. The molecule has 23 heavy (non-hydrogen) atoms. The maximum Gasteiger partial charge on any atom is 0.0941 e. The lowest BCUT2D eigenvalue weighted by Gasteiger charge is -2.21. The van der Waals surface area contributed by atoms with Gasteiger partial charge < -0.3 is 9.80 Å². The maximum atomic E-state index is 2.43. The van der Waals surface area contributed by atoms with Crippen LogP contribution in [0.1, 0.15) is 71.1 Å². The molecule has 0 aromatic heterocycles. The van der Waals surface area contributed by atoms with E-state index in [1.54, 1.807) is 0 Å². The molecule has 1 aromatic rings. The molecule has 1 heterocycles. The quantitative estimate of drug-likeness (QED) is 0.426. The van der Waals surface area contributed by atoms with Crippen molar-refractivity contribution in [3.63, 3.8) is 0 Å². The first kappa shape index (κ1) is 17.9. The predicted octanol–water partition coefficient (Wildman–Crippen LogP) is 6.16. The molecule has 0 fully saturated rings. The summed E-state index contributed by atoms with van der Waals surface area (Å²) in [5.41, 5.74) is 1.29. The number of hydrogen-bond donors (Lipinski definition) is 0. The van der Waals surface area contributed by atoms with Crippen molar-refractivity contribution in [2.45, 2.75) is 71.1 Å². The fourth-order valence-electron chi connectivity index (χ4n) is 3.20.